The van der Waals surface area contributed by atoms with Crippen molar-refractivity contribution in [3.8, 4) is 11.9 Å². The zero-order chi connectivity index (χ0) is 14.8. The first-order chi connectivity index (χ1) is 10.3. The SMILES string of the molecule is COCc1[nH]nc2c1C(c1cccnc1)C(C#N)=C(N)O2. The summed E-state index contributed by atoms with van der Waals surface area (Å²) in [7, 11) is 1.59. The number of nitrogens with zero attached hydrogens (tertiary/aromatic N) is 3. The highest BCUT2D eigenvalue weighted by atomic mass is 16.5. The zero-order valence-electron chi connectivity index (χ0n) is 11.3. The molecular weight excluding hydrogens is 270 g/mol. The lowest BCUT2D eigenvalue weighted by molar-refractivity contribution is 0.180. The van der Waals surface area contributed by atoms with E-state index in [-0.39, 0.29) is 11.8 Å². The Hall–Kier alpha value is -2.85. The number of fused-ring (bicyclic) bond motifs is 1. The highest BCUT2D eigenvalue weighted by Gasteiger charge is 2.35. The van der Waals surface area contributed by atoms with Crippen LogP contribution in [0.25, 0.3) is 0 Å². The molecule has 106 valence electrons. The molecule has 0 amide bonds. The van der Waals surface area contributed by atoms with Crippen LogP contribution in [0.5, 0.6) is 5.88 Å². The van der Waals surface area contributed by atoms with Crippen LogP contribution in [0, 0.1) is 11.3 Å². The number of hydrogen-bond donors (Lipinski definition) is 2. The second-order valence-corrected chi connectivity index (χ2v) is 4.57. The van der Waals surface area contributed by atoms with Gasteiger partial charge in [-0.2, -0.15) is 5.26 Å². The lowest BCUT2D eigenvalue weighted by Gasteiger charge is -2.23. The number of pyridine rings is 1. The van der Waals surface area contributed by atoms with Crippen molar-refractivity contribution in [3.63, 3.8) is 0 Å². The fourth-order valence-electron chi connectivity index (χ4n) is 2.44. The van der Waals surface area contributed by atoms with Crippen molar-refractivity contribution in [2.24, 2.45) is 5.73 Å². The third kappa shape index (κ3) is 2.11. The van der Waals surface area contributed by atoms with Crippen molar-refractivity contribution in [1.82, 2.24) is 15.2 Å². The monoisotopic (exact) mass is 283 g/mol. The van der Waals surface area contributed by atoms with Crippen LogP contribution in [0.1, 0.15) is 22.7 Å². The van der Waals surface area contributed by atoms with Gasteiger partial charge in [-0.05, 0) is 11.6 Å². The number of rotatable bonds is 3. The van der Waals surface area contributed by atoms with Crippen molar-refractivity contribution in [2.75, 3.05) is 7.11 Å². The minimum atomic E-state index is -0.364. The molecule has 0 radical (unpaired) electrons. The number of nitriles is 1. The quantitative estimate of drug-likeness (QED) is 0.875. The zero-order valence-corrected chi connectivity index (χ0v) is 11.3. The minimum absolute atomic E-state index is 0.0642. The van der Waals surface area contributed by atoms with Crippen molar-refractivity contribution in [1.29, 1.82) is 5.26 Å². The van der Waals surface area contributed by atoms with Gasteiger partial charge in [-0.1, -0.05) is 6.07 Å². The Balaban J connectivity index is 2.20. The normalized spacial score (nSPS) is 17.0. The summed E-state index contributed by atoms with van der Waals surface area (Å²) in [4.78, 5) is 4.11. The van der Waals surface area contributed by atoms with Gasteiger partial charge < -0.3 is 15.2 Å². The first-order valence-corrected chi connectivity index (χ1v) is 6.29. The molecule has 0 aromatic carbocycles. The molecule has 2 aromatic heterocycles. The fraction of sp³-hybridized carbons (Fsp3) is 0.214. The molecule has 0 saturated heterocycles. The number of allylic oxidation sites excluding steroid dienone is 1. The van der Waals surface area contributed by atoms with E-state index in [1.54, 1.807) is 19.5 Å². The Kier molecular flexibility index (Phi) is 3.30. The molecule has 0 bridgehead atoms. The number of H-pyrrole nitrogens is 1. The lowest BCUT2D eigenvalue weighted by atomic mass is 9.85. The Labute approximate surface area is 121 Å². The summed E-state index contributed by atoms with van der Waals surface area (Å²) in [5.41, 5.74) is 8.55. The maximum Gasteiger partial charge on any atom is 0.244 e. The smallest absolute Gasteiger partial charge is 0.244 e. The second kappa shape index (κ2) is 5.26. The number of methoxy groups -OCH3 is 1. The molecule has 7 nitrogen and oxygen atoms in total. The molecule has 1 unspecified atom stereocenters. The molecule has 7 heteroatoms. The molecular formula is C14H13N5O2. The summed E-state index contributed by atoms with van der Waals surface area (Å²) in [6.45, 7) is 0.334. The van der Waals surface area contributed by atoms with Gasteiger partial charge in [0.15, 0.2) is 0 Å². The summed E-state index contributed by atoms with van der Waals surface area (Å²) in [6.07, 6.45) is 3.38. The van der Waals surface area contributed by atoms with Gasteiger partial charge >= 0.3 is 0 Å². The van der Waals surface area contributed by atoms with Gasteiger partial charge in [-0.25, -0.2) is 0 Å². The second-order valence-electron chi connectivity index (χ2n) is 4.57. The lowest BCUT2D eigenvalue weighted by Crippen LogP contribution is -2.21. The van der Waals surface area contributed by atoms with Crippen molar-refractivity contribution < 1.29 is 9.47 Å². The van der Waals surface area contributed by atoms with Crippen LogP contribution >= 0.6 is 0 Å². The van der Waals surface area contributed by atoms with Gasteiger partial charge in [0.1, 0.15) is 11.6 Å². The Morgan fingerprint density at radius 3 is 3.10 bits per heavy atom. The largest absolute Gasteiger partial charge is 0.420 e. The Bertz CT molecular complexity index is 730. The molecule has 1 atom stereocenters. The van der Waals surface area contributed by atoms with Gasteiger partial charge in [0.25, 0.3) is 0 Å². The average Bonchev–Trinajstić information content (AvgIpc) is 2.89. The third-order valence-corrected chi connectivity index (χ3v) is 3.32. The first kappa shape index (κ1) is 13.1. The maximum atomic E-state index is 9.43. The standard InChI is InChI=1S/C14H13N5O2/c1-20-7-10-12-11(8-3-2-4-17-6-8)9(5-15)13(16)21-14(12)19-18-10/h2-4,6,11H,7,16H2,1H3,(H,18,19). The number of nitrogens with one attached hydrogen (secondary N) is 1. The van der Waals surface area contributed by atoms with Crippen LogP contribution < -0.4 is 10.5 Å². The van der Waals surface area contributed by atoms with Gasteiger partial charge in [0, 0.05) is 19.5 Å². The van der Waals surface area contributed by atoms with Crippen LogP contribution in [0.15, 0.2) is 36.0 Å². The van der Waals surface area contributed by atoms with Crippen molar-refractivity contribution >= 4 is 0 Å². The molecule has 0 aliphatic carbocycles. The van der Waals surface area contributed by atoms with E-state index in [4.69, 9.17) is 15.2 Å². The predicted octanol–water partition coefficient (Wildman–Crippen LogP) is 1.17. The van der Waals surface area contributed by atoms with E-state index in [1.165, 1.54) is 0 Å². The van der Waals surface area contributed by atoms with Gasteiger partial charge in [-0.15, -0.1) is 5.10 Å². The van der Waals surface area contributed by atoms with E-state index in [0.717, 1.165) is 16.8 Å². The number of aromatic amines is 1. The number of aromatic nitrogens is 3. The Morgan fingerprint density at radius 1 is 1.57 bits per heavy atom. The van der Waals surface area contributed by atoms with Crippen molar-refractivity contribution in [3.05, 3.63) is 52.8 Å². The first-order valence-electron chi connectivity index (χ1n) is 6.29. The van der Waals surface area contributed by atoms with Crippen LogP contribution in [0.2, 0.25) is 0 Å². The van der Waals surface area contributed by atoms with Crippen LogP contribution in [-0.4, -0.2) is 22.3 Å². The van der Waals surface area contributed by atoms with Gasteiger partial charge in [0.05, 0.1) is 23.8 Å². The van der Waals surface area contributed by atoms with Crippen LogP contribution in [-0.2, 0) is 11.3 Å². The highest BCUT2D eigenvalue weighted by Crippen LogP contribution is 2.42. The molecule has 3 rings (SSSR count). The fourth-order valence-corrected chi connectivity index (χ4v) is 2.44. The van der Waals surface area contributed by atoms with E-state index in [9.17, 15) is 5.26 Å². The molecule has 2 aromatic rings. The number of ether oxygens (including phenoxy) is 2. The van der Waals surface area contributed by atoms with Crippen LogP contribution in [0.4, 0.5) is 0 Å². The summed E-state index contributed by atoms with van der Waals surface area (Å²) in [5, 5.41) is 16.4. The molecule has 0 saturated carbocycles. The molecule has 1 aliphatic rings. The molecule has 21 heavy (non-hydrogen) atoms. The third-order valence-electron chi connectivity index (χ3n) is 3.32. The maximum absolute atomic E-state index is 9.43. The molecule has 3 heterocycles. The highest BCUT2D eigenvalue weighted by molar-refractivity contribution is 5.54. The number of nitrogens with two attached hydrogens (primary N) is 1. The van der Waals surface area contributed by atoms with Gasteiger partial charge in [0.2, 0.25) is 11.8 Å². The Morgan fingerprint density at radius 2 is 2.43 bits per heavy atom. The summed E-state index contributed by atoms with van der Waals surface area (Å²) < 4.78 is 10.6. The average molecular weight is 283 g/mol. The van der Waals surface area contributed by atoms with E-state index in [1.807, 2.05) is 12.1 Å². The summed E-state index contributed by atoms with van der Waals surface area (Å²) >= 11 is 0. The summed E-state index contributed by atoms with van der Waals surface area (Å²) in [5.74, 6) is 0.0677. The van der Waals surface area contributed by atoms with E-state index < -0.39 is 0 Å². The predicted molar refractivity (Wildman–Crippen MR) is 72.8 cm³/mol. The van der Waals surface area contributed by atoms with E-state index >= 15 is 0 Å². The summed E-state index contributed by atoms with van der Waals surface area (Å²) in [6, 6.07) is 5.82. The minimum Gasteiger partial charge on any atom is -0.420 e. The van der Waals surface area contributed by atoms with Gasteiger partial charge in [-0.3, -0.25) is 10.1 Å². The van der Waals surface area contributed by atoms with Crippen LogP contribution in [0.3, 0.4) is 0 Å². The van der Waals surface area contributed by atoms with Crippen molar-refractivity contribution in [2.45, 2.75) is 12.5 Å². The molecule has 1 aliphatic heterocycles. The molecule has 3 N–H and O–H groups in total. The molecule has 0 fully saturated rings. The van der Waals surface area contributed by atoms with E-state index in [0.29, 0.717) is 18.1 Å². The molecule has 0 spiro atoms. The van der Waals surface area contributed by atoms with E-state index in [2.05, 4.69) is 21.3 Å². The topological polar surface area (TPSA) is 110 Å². The number of hydrogen-bond acceptors (Lipinski definition) is 6.